The van der Waals surface area contributed by atoms with Crippen molar-refractivity contribution in [3.05, 3.63) is 99.5 Å². The third-order valence-corrected chi connectivity index (χ3v) is 6.01. The molecule has 0 radical (unpaired) electrons. The number of hydrogen-bond acceptors (Lipinski definition) is 3. The van der Waals surface area contributed by atoms with Crippen LogP contribution in [0.25, 0.3) is 0 Å². The van der Waals surface area contributed by atoms with Gasteiger partial charge in [0.2, 0.25) is 5.91 Å². The molecule has 3 aromatic carbocycles. The van der Waals surface area contributed by atoms with Crippen LogP contribution in [-0.4, -0.2) is 36.4 Å². The van der Waals surface area contributed by atoms with Gasteiger partial charge < -0.3 is 15.0 Å². The van der Waals surface area contributed by atoms with Crippen LogP contribution in [0.4, 0.5) is 0 Å². The third-order valence-electron chi connectivity index (χ3n) is 5.48. The van der Waals surface area contributed by atoms with Gasteiger partial charge in [0.15, 0.2) is 6.61 Å². The van der Waals surface area contributed by atoms with Crippen LogP contribution in [0.2, 0.25) is 0 Å². The zero-order chi connectivity index (χ0) is 23.8. The van der Waals surface area contributed by atoms with Gasteiger partial charge in [-0.15, -0.1) is 0 Å². The highest BCUT2D eigenvalue weighted by molar-refractivity contribution is 9.10. The summed E-state index contributed by atoms with van der Waals surface area (Å²) in [5.74, 6) is 0.214. The molecule has 0 aromatic heterocycles. The van der Waals surface area contributed by atoms with Crippen molar-refractivity contribution in [3.8, 4) is 5.75 Å². The molecule has 0 bridgehead atoms. The number of benzene rings is 3. The van der Waals surface area contributed by atoms with Crippen molar-refractivity contribution < 1.29 is 14.3 Å². The van der Waals surface area contributed by atoms with E-state index in [1.165, 1.54) is 0 Å². The molecule has 0 fully saturated rings. The summed E-state index contributed by atoms with van der Waals surface area (Å²) in [4.78, 5) is 28.0. The molecular weight excluding hydrogens is 480 g/mol. The van der Waals surface area contributed by atoms with Gasteiger partial charge in [-0.25, -0.2) is 0 Å². The number of carbonyl (C=O) groups excluding carboxylic acids is 2. The summed E-state index contributed by atoms with van der Waals surface area (Å²) >= 11 is 3.45. The predicted molar refractivity (Wildman–Crippen MR) is 134 cm³/mol. The Hall–Kier alpha value is -3.12. The van der Waals surface area contributed by atoms with E-state index < -0.39 is 6.04 Å². The predicted octanol–water partition coefficient (Wildman–Crippen LogP) is 4.83. The molecule has 3 aromatic rings. The first-order valence-electron chi connectivity index (χ1n) is 10.9. The van der Waals surface area contributed by atoms with Gasteiger partial charge in [0.1, 0.15) is 11.8 Å². The molecule has 0 aliphatic carbocycles. The van der Waals surface area contributed by atoms with E-state index in [4.69, 9.17) is 4.74 Å². The second-order valence-electron chi connectivity index (χ2n) is 8.03. The smallest absolute Gasteiger partial charge is 0.261 e. The minimum Gasteiger partial charge on any atom is -0.483 e. The van der Waals surface area contributed by atoms with Crippen LogP contribution in [0.1, 0.15) is 22.3 Å². The van der Waals surface area contributed by atoms with Gasteiger partial charge in [0.25, 0.3) is 5.91 Å². The van der Waals surface area contributed by atoms with Crippen LogP contribution in [0.3, 0.4) is 0 Å². The van der Waals surface area contributed by atoms with E-state index in [1.54, 1.807) is 11.9 Å². The van der Waals surface area contributed by atoms with E-state index in [9.17, 15) is 9.59 Å². The van der Waals surface area contributed by atoms with Crippen LogP contribution in [-0.2, 0) is 22.6 Å². The van der Waals surface area contributed by atoms with E-state index in [1.807, 2.05) is 86.6 Å². The van der Waals surface area contributed by atoms with Crippen molar-refractivity contribution in [1.82, 2.24) is 10.2 Å². The molecule has 0 unspecified atom stereocenters. The quantitative estimate of drug-likeness (QED) is 0.450. The van der Waals surface area contributed by atoms with E-state index in [-0.39, 0.29) is 18.4 Å². The summed E-state index contributed by atoms with van der Waals surface area (Å²) < 4.78 is 6.85. The Balaban J connectivity index is 1.88. The van der Waals surface area contributed by atoms with Crippen LogP contribution in [0.5, 0.6) is 5.75 Å². The summed E-state index contributed by atoms with van der Waals surface area (Å²) in [6.07, 6.45) is 0.409. The first-order valence-corrected chi connectivity index (χ1v) is 11.7. The Morgan fingerprint density at radius 3 is 2.33 bits per heavy atom. The van der Waals surface area contributed by atoms with Gasteiger partial charge in [0, 0.05) is 24.5 Å². The third kappa shape index (κ3) is 6.93. The fourth-order valence-electron chi connectivity index (χ4n) is 3.59. The van der Waals surface area contributed by atoms with Gasteiger partial charge >= 0.3 is 0 Å². The maximum Gasteiger partial charge on any atom is 0.261 e. The van der Waals surface area contributed by atoms with Crippen LogP contribution in [0.15, 0.2) is 77.3 Å². The minimum atomic E-state index is -0.671. The highest BCUT2D eigenvalue weighted by Gasteiger charge is 2.30. The lowest BCUT2D eigenvalue weighted by molar-refractivity contribution is -0.142. The van der Waals surface area contributed by atoms with Crippen molar-refractivity contribution in [1.29, 1.82) is 0 Å². The van der Waals surface area contributed by atoms with Crippen LogP contribution < -0.4 is 10.1 Å². The monoisotopic (exact) mass is 508 g/mol. The molecule has 0 spiro atoms. The Morgan fingerprint density at radius 2 is 1.67 bits per heavy atom. The fraction of sp³-hybridized carbons (Fsp3) is 0.259. The molecule has 0 saturated carbocycles. The van der Waals surface area contributed by atoms with E-state index in [0.29, 0.717) is 18.7 Å². The SMILES string of the molecule is CNC(=O)[C@@H](Cc1ccccc1)N(Cc1ccc(Br)cc1)C(=O)COc1cc(C)ccc1C. The molecule has 6 heteroatoms. The first kappa shape index (κ1) is 24.5. The maximum atomic E-state index is 13.4. The topological polar surface area (TPSA) is 58.6 Å². The molecule has 0 aliphatic heterocycles. The van der Waals surface area contributed by atoms with Gasteiger partial charge in [-0.1, -0.05) is 70.5 Å². The molecular formula is C27H29BrN2O3. The van der Waals surface area contributed by atoms with Gasteiger partial charge in [0.05, 0.1) is 0 Å². The molecule has 0 heterocycles. The van der Waals surface area contributed by atoms with Gasteiger partial charge in [-0.3, -0.25) is 9.59 Å². The Kier molecular flexibility index (Phi) is 8.66. The number of rotatable bonds is 9. The van der Waals surface area contributed by atoms with E-state index in [0.717, 1.165) is 26.7 Å². The first-order chi connectivity index (χ1) is 15.9. The van der Waals surface area contributed by atoms with Crippen molar-refractivity contribution in [2.24, 2.45) is 0 Å². The number of amides is 2. The molecule has 0 aliphatic rings. The van der Waals surface area contributed by atoms with E-state index in [2.05, 4.69) is 21.2 Å². The van der Waals surface area contributed by atoms with E-state index >= 15 is 0 Å². The Labute approximate surface area is 203 Å². The highest BCUT2D eigenvalue weighted by Crippen LogP contribution is 2.21. The number of ether oxygens (including phenoxy) is 1. The lowest BCUT2D eigenvalue weighted by Gasteiger charge is -2.31. The standard InChI is InChI=1S/C27H29BrN2O3/c1-19-9-10-20(2)25(15-19)33-18-26(31)30(17-22-11-13-23(28)14-12-22)24(27(32)29-3)16-21-7-5-4-6-8-21/h4-15,24H,16-18H2,1-3H3,(H,29,32)/t24-/m1/s1. The second-order valence-corrected chi connectivity index (χ2v) is 8.94. The van der Waals surface area contributed by atoms with Gasteiger partial charge in [-0.05, 0) is 54.3 Å². The molecule has 172 valence electrons. The number of nitrogens with zero attached hydrogens (tertiary/aromatic N) is 1. The second kappa shape index (κ2) is 11.7. The normalized spacial score (nSPS) is 11.5. The average molecular weight is 509 g/mol. The Bertz CT molecular complexity index is 1080. The summed E-state index contributed by atoms with van der Waals surface area (Å²) in [6.45, 7) is 4.08. The molecule has 0 saturated heterocycles. The summed E-state index contributed by atoms with van der Waals surface area (Å²) in [6, 6.07) is 22.7. The minimum absolute atomic E-state index is 0.150. The highest BCUT2D eigenvalue weighted by atomic mass is 79.9. The number of halogens is 1. The number of likely N-dealkylation sites (N-methyl/N-ethyl adjacent to an activating group) is 1. The lowest BCUT2D eigenvalue weighted by atomic mass is 10.0. The summed E-state index contributed by atoms with van der Waals surface area (Å²) in [7, 11) is 1.59. The molecule has 33 heavy (non-hydrogen) atoms. The summed E-state index contributed by atoms with van der Waals surface area (Å²) in [5, 5.41) is 2.72. The zero-order valence-corrected chi connectivity index (χ0v) is 20.8. The maximum absolute atomic E-state index is 13.4. The molecule has 2 amide bonds. The van der Waals surface area contributed by atoms with Crippen molar-refractivity contribution in [3.63, 3.8) is 0 Å². The number of aryl methyl sites for hydroxylation is 2. The number of carbonyl (C=O) groups is 2. The van der Waals surface area contributed by atoms with Crippen molar-refractivity contribution in [2.75, 3.05) is 13.7 Å². The largest absolute Gasteiger partial charge is 0.483 e. The molecule has 3 rings (SSSR count). The molecule has 1 N–H and O–H groups in total. The number of nitrogens with one attached hydrogen (secondary N) is 1. The van der Waals surface area contributed by atoms with Crippen LogP contribution in [0, 0.1) is 13.8 Å². The fourth-order valence-corrected chi connectivity index (χ4v) is 3.86. The Morgan fingerprint density at radius 1 is 0.970 bits per heavy atom. The average Bonchev–Trinajstić information content (AvgIpc) is 2.83. The van der Waals surface area contributed by atoms with Gasteiger partial charge in [-0.2, -0.15) is 0 Å². The molecule has 1 atom stereocenters. The van der Waals surface area contributed by atoms with Crippen LogP contribution >= 0.6 is 15.9 Å². The lowest BCUT2D eigenvalue weighted by Crippen LogP contribution is -2.51. The summed E-state index contributed by atoms with van der Waals surface area (Å²) in [5.41, 5.74) is 3.93. The molecule has 5 nitrogen and oxygen atoms in total. The zero-order valence-electron chi connectivity index (χ0n) is 19.2. The number of hydrogen-bond donors (Lipinski definition) is 1. The van der Waals surface area contributed by atoms with Crippen molar-refractivity contribution in [2.45, 2.75) is 32.9 Å². The van der Waals surface area contributed by atoms with Crippen molar-refractivity contribution >= 4 is 27.7 Å².